The Labute approximate surface area is 138 Å². The molecule has 0 radical (unpaired) electrons. The highest BCUT2D eigenvalue weighted by Gasteiger charge is 2.22. The van der Waals surface area contributed by atoms with Gasteiger partial charge in [0.2, 0.25) is 5.91 Å². The second-order valence-corrected chi connectivity index (χ2v) is 6.27. The molecule has 2 aromatic rings. The van der Waals surface area contributed by atoms with E-state index in [1.807, 2.05) is 12.1 Å². The number of aryl methyl sites for hydroxylation is 3. The van der Waals surface area contributed by atoms with Crippen LogP contribution in [0.4, 0.5) is 5.69 Å². The molecule has 1 fully saturated rings. The molecule has 3 heteroatoms. The van der Waals surface area contributed by atoms with Gasteiger partial charge in [-0.1, -0.05) is 42.5 Å². The van der Waals surface area contributed by atoms with Crippen LogP contribution in [0.2, 0.25) is 0 Å². The third-order valence-corrected chi connectivity index (χ3v) is 4.47. The van der Waals surface area contributed by atoms with Crippen molar-refractivity contribution in [1.29, 1.82) is 0 Å². The van der Waals surface area contributed by atoms with Crippen molar-refractivity contribution in [3.63, 3.8) is 0 Å². The van der Waals surface area contributed by atoms with Crippen LogP contribution in [0.1, 0.15) is 29.5 Å². The van der Waals surface area contributed by atoms with E-state index in [-0.39, 0.29) is 11.9 Å². The largest absolute Gasteiger partial charge is 0.324 e. The van der Waals surface area contributed by atoms with Gasteiger partial charge in [-0.25, -0.2) is 0 Å². The lowest BCUT2D eigenvalue weighted by Gasteiger charge is -2.14. The quantitative estimate of drug-likeness (QED) is 0.888. The number of rotatable bonds is 5. The first-order valence-electron chi connectivity index (χ1n) is 8.40. The Kier molecular flexibility index (Phi) is 5.09. The van der Waals surface area contributed by atoms with Crippen molar-refractivity contribution in [2.24, 2.45) is 0 Å². The molecule has 0 spiro atoms. The summed E-state index contributed by atoms with van der Waals surface area (Å²) < 4.78 is 0. The first kappa shape index (κ1) is 15.8. The fourth-order valence-corrected chi connectivity index (χ4v) is 3.08. The van der Waals surface area contributed by atoms with E-state index >= 15 is 0 Å². The van der Waals surface area contributed by atoms with Gasteiger partial charge in [0.25, 0.3) is 0 Å². The zero-order chi connectivity index (χ0) is 16.1. The van der Waals surface area contributed by atoms with Gasteiger partial charge in [-0.2, -0.15) is 0 Å². The monoisotopic (exact) mass is 308 g/mol. The standard InChI is InChI=1S/C20H24N2O/c1-15-14-17(10-9-16-6-3-2-4-7-16)11-12-18(15)22-20(23)19-8-5-13-21-19/h2-4,6-7,11-12,14,19,21H,5,8-10,13H2,1H3,(H,22,23). The first-order chi connectivity index (χ1) is 11.2. The van der Waals surface area contributed by atoms with Crippen molar-refractivity contribution < 1.29 is 4.79 Å². The molecule has 1 heterocycles. The van der Waals surface area contributed by atoms with Crippen molar-refractivity contribution in [3.05, 3.63) is 65.2 Å². The maximum absolute atomic E-state index is 12.2. The minimum atomic E-state index is -0.0350. The van der Waals surface area contributed by atoms with E-state index in [1.54, 1.807) is 0 Å². The molecule has 1 aliphatic rings. The zero-order valence-corrected chi connectivity index (χ0v) is 13.6. The van der Waals surface area contributed by atoms with Crippen LogP contribution in [0.3, 0.4) is 0 Å². The van der Waals surface area contributed by atoms with Crippen molar-refractivity contribution in [2.75, 3.05) is 11.9 Å². The average molecular weight is 308 g/mol. The molecule has 2 aromatic carbocycles. The van der Waals surface area contributed by atoms with Crippen LogP contribution in [0.25, 0.3) is 0 Å². The van der Waals surface area contributed by atoms with E-state index in [2.05, 4.69) is 54.0 Å². The van der Waals surface area contributed by atoms with Crippen LogP contribution in [0.5, 0.6) is 0 Å². The summed E-state index contributed by atoms with van der Waals surface area (Å²) in [6.45, 7) is 3.00. The number of hydrogen-bond donors (Lipinski definition) is 2. The van der Waals surface area contributed by atoms with E-state index < -0.39 is 0 Å². The van der Waals surface area contributed by atoms with E-state index in [0.29, 0.717) is 0 Å². The Bertz CT molecular complexity index is 661. The molecule has 1 atom stereocenters. The summed E-state index contributed by atoms with van der Waals surface area (Å²) in [5.41, 5.74) is 4.72. The van der Waals surface area contributed by atoms with Crippen LogP contribution in [0.15, 0.2) is 48.5 Å². The molecule has 2 N–H and O–H groups in total. The highest BCUT2D eigenvalue weighted by molar-refractivity contribution is 5.95. The lowest BCUT2D eigenvalue weighted by atomic mass is 10.0. The second-order valence-electron chi connectivity index (χ2n) is 6.27. The van der Waals surface area contributed by atoms with Gasteiger partial charge in [0.1, 0.15) is 0 Å². The fraction of sp³-hybridized carbons (Fsp3) is 0.350. The summed E-state index contributed by atoms with van der Waals surface area (Å²) in [4.78, 5) is 12.2. The summed E-state index contributed by atoms with van der Waals surface area (Å²) in [5, 5.41) is 6.29. The Balaban J connectivity index is 1.60. The van der Waals surface area contributed by atoms with Gasteiger partial charge in [-0.3, -0.25) is 4.79 Å². The van der Waals surface area contributed by atoms with Gasteiger partial charge >= 0.3 is 0 Å². The smallest absolute Gasteiger partial charge is 0.241 e. The molecule has 1 amide bonds. The molecule has 1 unspecified atom stereocenters. The van der Waals surface area contributed by atoms with Crippen molar-refractivity contribution in [3.8, 4) is 0 Å². The normalized spacial score (nSPS) is 17.2. The molecular weight excluding hydrogens is 284 g/mol. The van der Waals surface area contributed by atoms with Crippen LogP contribution in [-0.4, -0.2) is 18.5 Å². The molecule has 0 saturated carbocycles. The molecule has 0 aliphatic carbocycles. The number of amides is 1. The molecule has 1 aliphatic heterocycles. The Morgan fingerprint density at radius 2 is 1.91 bits per heavy atom. The summed E-state index contributed by atoms with van der Waals surface area (Å²) in [7, 11) is 0. The minimum Gasteiger partial charge on any atom is -0.324 e. The molecule has 1 saturated heterocycles. The van der Waals surface area contributed by atoms with Gasteiger partial charge < -0.3 is 10.6 Å². The van der Waals surface area contributed by atoms with E-state index in [1.165, 1.54) is 11.1 Å². The van der Waals surface area contributed by atoms with Gasteiger partial charge in [-0.15, -0.1) is 0 Å². The summed E-state index contributed by atoms with van der Waals surface area (Å²) >= 11 is 0. The van der Waals surface area contributed by atoms with Crippen LogP contribution < -0.4 is 10.6 Å². The SMILES string of the molecule is Cc1cc(CCc2ccccc2)ccc1NC(=O)C1CCCN1. The third kappa shape index (κ3) is 4.20. The number of benzene rings is 2. The molecule has 0 aromatic heterocycles. The molecular formula is C20H24N2O. The van der Waals surface area contributed by atoms with Crippen molar-refractivity contribution in [1.82, 2.24) is 5.32 Å². The van der Waals surface area contributed by atoms with Crippen LogP contribution in [-0.2, 0) is 17.6 Å². The summed E-state index contributed by atoms with van der Waals surface area (Å²) in [6, 6.07) is 16.8. The highest BCUT2D eigenvalue weighted by Crippen LogP contribution is 2.19. The topological polar surface area (TPSA) is 41.1 Å². The molecule has 3 nitrogen and oxygen atoms in total. The first-order valence-corrected chi connectivity index (χ1v) is 8.40. The predicted octanol–water partition coefficient (Wildman–Crippen LogP) is 3.47. The molecule has 0 bridgehead atoms. The highest BCUT2D eigenvalue weighted by atomic mass is 16.2. The maximum atomic E-state index is 12.2. The number of carbonyl (C=O) groups is 1. The number of hydrogen-bond acceptors (Lipinski definition) is 2. The Morgan fingerprint density at radius 1 is 1.13 bits per heavy atom. The van der Waals surface area contributed by atoms with E-state index in [0.717, 1.165) is 43.5 Å². The maximum Gasteiger partial charge on any atom is 0.241 e. The van der Waals surface area contributed by atoms with Crippen LogP contribution >= 0.6 is 0 Å². The number of anilines is 1. The van der Waals surface area contributed by atoms with Gasteiger partial charge in [0.15, 0.2) is 0 Å². The Hall–Kier alpha value is -2.13. The lowest BCUT2D eigenvalue weighted by Crippen LogP contribution is -2.35. The van der Waals surface area contributed by atoms with Crippen molar-refractivity contribution >= 4 is 11.6 Å². The molecule has 120 valence electrons. The fourth-order valence-electron chi connectivity index (χ4n) is 3.08. The predicted molar refractivity (Wildman–Crippen MR) is 94.7 cm³/mol. The number of carbonyl (C=O) groups excluding carboxylic acids is 1. The molecule has 3 rings (SSSR count). The third-order valence-electron chi connectivity index (χ3n) is 4.47. The Morgan fingerprint density at radius 3 is 2.61 bits per heavy atom. The van der Waals surface area contributed by atoms with Gasteiger partial charge in [-0.05, 0) is 61.9 Å². The van der Waals surface area contributed by atoms with Gasteiger partial charge in [0, 0.05) is 5.69 Å². The lowest BCUT2D eigenvalue weighted by molar-refractivity contribution is -0.117. The van der Waals surface area contributed by atoms with E-state index in [9.17, 15) is 4.79 Å². The number of nitrogens with one attached hydrogen (secondary N) is 2. The summed E-state index contributed by atoms with van der Waals surface area (Å²) in [6.07, 6.45) is 4.07. The summed E-state index contributed by atoms with van der Waals surface area (Å²) in [5.74, 6) is 0.0858. The molecule has 23 heavy (non-hydrogen) atoms. The van der Waals surface area contributed by atoms with Gasteiger partial charge in [0.05, 0.1) is 6.04 Å². The van der Waals surface area contributed by atoms with Crippen molar-refractivity contribution in [2.45, 2.75) is 38.6 Å². The minimum absolute atomic E-state index is 0.0350. The average Bonchev–Trinajstić information content (AvgIpc) is 3.11. The van der Waals surface area contributed by atoms with Crippen LogP contribution in [0, 0.1) is 6.92 Å². The second kappa shape index (κ2) is 7.42. The zero-order valence-electron chi connectivity index (χ0n) is 13.6. The van der Waals surface area contributed by atoms with E-state index in [4.69, 9.17) is 0 Å².